The van der Waals surface area contributed by atoms with Gasteiger partial charge in [0.15, 0.2) is 0 Å². The largest absolute Gasteiger partial charge is 0.462 e. The number of aromatic nitrogens is 3. The lowest BCUT2D eigenvalue weighted by Gasteiger charge is -2.35. The van der Waals surface area contributed by atoms with Crippen molar-refractivity contribution >= 4 is 17.7 Å². The van der Waals surface area contributed by atoms with E-state index < -0.39 is 0 Å². The highest BCUT2D eigenvalue weighted by Gasteiger charge is 2.22. The Morgan fingerprint density at radius 2 is 1.92 bits per heavy atom. The number of anilines is 1. The third kappa shape index (κ3) is 4.19. The number of piperazine rings is 1. The summed E-state index contributed by atoms with van der Waals surface area (Å²) < 4.78 is 6.63. The van der Waals surface area contributed by atoms with E-state index >= 15 is 0 Å². The van der Waals surface area contributed by atoms with E-state index in [0.29, 0.717) is 38.3 Å². The van der Waals surface area contributed by atoms with Gasteiger partial charge >= 0.3 is 5.97 Å². The predicted molar refractivity (Wildman–Crippen MR) is 96.0 cm³/mol. The molecular formula is C18H23N5O3. The monoisotopic (exact) mass is 357 g/mol. The number of esters is 1. The average Bonchev–Trinajstić information content (AvgIpc) is 3.07. The van der Waals surface area contributed by atoms with Gasteiger partial charge in [-0.25, -0.2) is 9.78 Å². The maximum atomic E-state index is 12.4. The molecule has 0 aliphatic carbocycles. The van der Waals surface area contributed by atoms with Crippen LogP contribution in [0.1, 0.15) is 22.8 Å². The van der Waals surface area contributed by atoms with Crippen molar-refractivity contribution in [3.8, 4) is 0 Å². The molecule has 2 aromatic heterocycles. The number of amides is 1. The van der Waals surface area contributed by atoms with E-state index in [1.54, 1.807) is 23.9 Å². The van der Waals surface area contributed by atoms with Crippen molar-refractivity contribution in [3.05, 3.63) is 41.9 Å². The summed E-state index contributed by atoms with van der Waals surface area (Å²) in [6.45, 7) is 7.02. The van der Waals surface area contributed by atoms with Crippen molar-refractivity contribution in [2.45, 2.75) is 20.4 Å². The summed E-state index contributed by atoms with van der Waals surface area (Å²) in [4.78, 5) is 32.4. The van der Waals surface area contributed by atoms with E-state index in [2.05, 4.69) is 15.0 Å². The topological polar surface area (TPSA) is 80.6 Å². The van der Waals surface area contributed by atoms with Gasteiger partial charge in [0, 0.05) is 38.6 Å². The van der Waals surface area contributed by atoms with Gasteiger partial charge in [0.25, 0.3) is 0 Å². The van der Waals surface area contributed by atoms with Gasteiger partial charge in [0.1, 0.15) is 12.4 Å². The Labute approximate surface area is 152 Å². The molecule has 2 aromatic rings. The third-order valence-electron chi connectivity index (χ3n) is 4.27. The van der Waals surface area contributed by atoms with E-state index in [9.17, 15) is 9.59 Å². The SMILES string of the molecule is CCOC(=O)c1ccc(N2CCN(C(=O)Cn3cc(C)cn3)CC2)nc1. The van der Waals surface area contributed by atoms with Crippen molar-refractivity contribution in [1.82, 2.24) is 19.7 Å². The normalized spacial score (nSPS) is 14.4. The Morgan fingerprint density at radius 1 is 1.15 bits per heavy atom. The Kier molecular flexibility index (Phi) is 5.50. The van der Waals surface area contributed by atoms with Crippen LogP contribution in [0.4, 0.5) is 5.82 Å². The summed E-state index contributed by atoms with van der Waals surface area (Å²) in [6, 6.07) is 3.54. The molecule has 0 unspecified atom stereocenters. The highest BCUT2D eigenvalue weighted by atomic mass is 16.5. The van der Waals surface area contributed by atoms with Crippen LogP contribution in [0.25, 0.3) is 0 Å². The minimum Gasteiger partial charge on any atom is -0.462 e. The molecule has 0 spiro atoms. The number of ether oxygens (including phenoxy) is 1. The lowest BCUT2D eigenvalue weighted by atomic mass is 10.2. The summed E-state index contributed by atoms with van der Waals surface area (Å²) in [6.07, 6.45) is 5.14. The molecule has 1 aliphatic rings. The van der Waals surface area contributed by atoms with Crippen LogP contribution in [0.15, 0.2) is 30.7 Å². The Balaban J connectivity index is 1.53. The molecule has 1 saturated heterocycles. The van der Waals surface area contributed by atoms with Gasteiger partial charge in [0.2, 0.25) is 5.91 Å². The zero-order chi connectivity index (χ0) is 18.5. The molecule has 1 amide bonds. The first-order valence-electron chi connectivity index (χ1n) is 8.71. The highest BCUT2D eigenvalue weighted by Crippen LogP contribution is 2.15. The molecule has 0 atom stereocenters. The first-order chi connectivity index (χ1) is 12.6. The first-order valence-corrected chi connectivity index (χ1v) is 8.71. The highest BCUT2D eigenvalue weighted by molar-refractivity contribution is 5.89. The summed E-state index contributed by atoms with van der Waals surface area (Å²) >= 11 is 0. The molecule has 3 heterocycles. The van der Waals surface area contributed by atoms with Crippen LogP contribution >= 0.6 is 0 Å². The van der Waals surface area contributed by atoms with Gasteiger partial charge in [-0.3, -0.25) is 9.48 Å². The number of hydrogen-bond acceptors (Lipinski definition) is 6. The minimum atomic E-state index is -0.365. The van der Waals surface area contributed by atoms with Crippen LogP contribution < -0.4 is 4.90 Å². The first kappa shape index (κ1) is 17.9. The van der Waals surface area contributed by atoms with Crippen LogP contribution in [-0.2, 0) is 16.1 Å². The van der Waals surface area contributed by atoms with Crippen LogP contribution in [0.2, 0.25) is 0 Å². The van der Waals surface area contributed by atoms with Crippen molar-refractivity contribution in [1.29, 1.82) is 0 Å². The van der Waals surface area contributed by atoms with Gasteiger partial charge in [-0.15, -0.1) is 0 Å². The fourth-order valence-corrected chi connectivity index (χ4v) is 2.89. The number of hydrogen-bond donors (Lipinski definition) is 0. The molecule has 8 heteroatoms. The molecule has 0 saturated carbocycles. The number of carbonyl (C=O) groups is 2. The molecule has 26 heavy (non-hydrogen) atoms. The fraction of sp³-hybridized carbons (Fsp3) is 0.444. The lowest BCUT2D eigenvalue weighted by molar-refractivity contribution is -0.132. The minimum absolute atomic E-state index is 0.0679. The van der Waals surface area contributed by atoms with Crippen LogP contribution in [0.3, 0.4) is 0 Å². The fourth-order valence-electron chi connectivity index (χ4n) is 2.89. The van der Waals surface area contributed by atoms with Crippen LogP contribution in [0, 0.1) is 6.92 Å². The average molecular weight is 357 g/mol. The van der Waals surface area contributed by atoms with E-state index in [4.69, 9.17) is 4.74 Å². The maximum absolute atomic E-state index is 12.4. The predicted octanol–water partition coefficient (Wildman–Crippen LogP) is 1.11. The zero-order valence-electron chi connectivity index (χ0n) is 15.1. The number of nitrogens with zero attached hydrogens (tertiary/aromatic N) is 5. The molecular weight excluding hydrogens is 334 g/mol. The molecule has 0 bridgehead atoms. The van der Waals surface area contributed by atoms with E-state index in [0.717, 1.165) is 11.4 Å². The summed E-state index contributed by atoms with van der Waals surface area (Å²) in [7, 11) is 0. The quantitative estimate of drug-likeness (QED) is 0.746. The van der Waals surface area contributed by atoms with Crippen molar-refractivity contribution in [2.24, 2.45) is 0 Å². The number of aryl methyl sites for hydroxylation is 1. The molecule has 8 nitrogen and oxygen atoms in total. The summed E-state index contributed by atoms with van der Waals surface area (Å²) in [5.74, 6) is 0.502. The molecule has 1 aliphatic heterocycles. The molecule has 0 N–H and O–H groups in total. The van der Waals surface area contributed by atoms with E-state index in [1.807, 2.05) is 24.1 Å². The Morgan fingerprint density at radius 3 is 2.50 bits per heavy atom. The molecule has 0 aromatic carbocycles. The molecule has 1 fully saturated rings. The Hall–Kier alpha value is -2.90. The van der Waals surface area contributed by atoms with Gasteiger partial charge in [-0.2, -0.15) is 5.10 Å². The van der Waals surface area contributed by atoms with Gasteiger partial charge in [0.05, 0.1) is 18.4 Å². The summed E-state index contributed by atoms with van der Waals surface area (Å²) in [5.41, 5.74) is 1.49. The molecule has 138 valence electrons. The van der Waals surface area contributed by atoms with E-state index in [-0.39, 0.29) is 18.4 Å². The second-order valence-corrected chi connectivity index (χ2v) is 6.21. The lowest BCUT2D eigenvalue weighted by Crippen LogP contribution is -2.49. The second-order valence-electron chi connectivity index (χ2n) is 6.21. The number of rotatable bonds is 5. The smallest absolute Gasteiger partial charge is 0.339 e. The zero-order valence-corrected chi connectivity index (χ0v) is 15.1. The van der Waals surface area contributed by atoms with E-state index in [1.165, 1.54) is 6.20 Å². The van der Waals surface area contributed by atoms with Gasteiger partial charge in [-0.05, 0) is 31.5 Å². The number of pyridine rings is 1. The third-order valence-corrected chi connectivity index (χ3v) is 4.27. The number of carbonyl (C=O) groups excluding carboxylic acids is 2. The van der Waals surface area contributed by atoms with Crippen molar-refractivity contribution < 1.29 is 14.3 Å². The van der Waals surface area contributed by atoms with Gasteiger partial charge in [-0.1, -0.05) is 0 Å². The van der Waals surface area contributed by atoms with Crippen LogP contribution in [0.5, 0.6) is 0 Å². The van der Waals surface area contributed by atoms with Crippen molar-refractivity contribution in [3.63, 3.8) is 0 Å². The second kappa shape index (κ2) is 7.99. The maximum Gasteiger partial charge on any atom is 0.339 e. The van der Waals surface area contributed by atoms with Gasteiger partial charge < -0.3 is 14.5 Å². The molecule has 3 rings (SSSR count). The standard InChI is InChI=1S/C18H23N5O3/c1-3-26-18(25)15-4-5-16(19-11-15)21-6-8-22(9-7-21)17(24)13-23-12-14(2)10-20-23/h4-5,10-12H,3,6-9,13H2,1-2H3. The molecule has 0 radical (unpaired) electrons. The van der Waals surface area contributed by atoms with Crippen molar-refractivity contribution in [2.75, 3.05) is 37.7 Å². The van der Waals surface area contributed by atoms with Crippen LogP contribution in [-0.4, -0.2) is 64.3 Å². The Bertz CT molecular complexity index is 763. The summed E-state index contributed by atoms with van der Waals surface area (Å²) in [5, 5.41) is 4.16.